The lowest BCUT2D eigenvalue weighted by molar-refractivity contribution is -0.134. The largest absolute Gasteiger partial charge is 0.341 e. The molecule has 0 saturated carbocycles. The van der Waals surface area contributed by atoms with Gasteiger partial charge in [0.05, 0.1) is 0 Å². The summed E-state index contributed by atoms with van der Waals surface area (Å²) < 4.78 is 13.2. The second-order valence-corrected chi connectivity index (χ2v) is 6.58. The van der Waals surface area contributed by atoms with Crippen LogP contribution in [0.4, 0.5) is 4.39 Å². The normalized spacial score (nSPS) is 26.4. The van der Waals surface area contributed by atoms with Crippen molar-refractivity contribution < 1.29 is 9.18 Å². The number of hydrogen-bond acceptors (Lipinski definition) is 3. The molecule has 2 fully saturated rings. The molecule has 5 heteroatoms. The summed E-state index contributed by atoms with van der Waals surface area (Å²) in [7, 11) is 0. The fourth-order valence-electron chi connectivity index (χ4n) is 3.45. The highest BCUT2D eigenvalue weighted by Crippen LogP contribution is 2.23. The van der Waals surface area contributed by atoms with Crippen molar-refractivity contribution in [1.29, 1.82) is 0 Å². The fraction of sp³-hybridized carbons (Fsp3) is 0.588. The highest BCUT2D eigenvalue weighted by atomic mass is 19.1. The smallest absolute Gasteiger partial charge is 0.241 e. The van der Waals surface area contributed by atoms with E-state index in [1.165, 1.54) is 6.07 Å². The van der Waals surface area contributed by atoms with E-state index in [9.17, 15) is 9.18 Å². The summed E-state index contributed by atoms with van der Waals surface area (Å²) in [6.45, 7) is 3.70. The molecule has 0 aliphatic carbocycles. The van der Waals surface area contributed by atoms with Gasteiger partial charge in [-0.1, -0.05) is 12.1 Å². The molecule has 120 valence electrons. The standard InChI is InChI=1S/C17H24FN3O/c1-12-9-16(20-19-12)17(22)21-7-5-13(6-8-21)10-14-3-2-4-15(18)11-14/h2-4,11-13,16,19-20H,5-10H2,1H3. The summed E-state index contributed by atoms with van der Waals surface area (Å²) in [6.07, 6.45) is 3.75. The number of nitrogens with one attached hydrogen (secondary N) is 2. The van der Waals surface area contributed by atoms with Crippen LogP contribution in [0.15, 0.2) is 24.3 Å². The van der Waals surface area contributed by atoms with Crippen molar-refractivity contribution in [3.05, 3.63) is 35.6 Å². The van der Waals surface area contributed by atoms with Crippen LogP contribution < -0.4 is 10.9 Å². The van der Waals surface area contributed by atoms with E-state index >= 15 is 0 Å². The van der Waals surface area contributed by atoms with Crippen LogP contribution in [0, 0.1) is 11.7 Å². The van der Waals surface area contributed by atoms with Crippen molar-refractivity contribution in [1.82, 2.24) is 15.8 Å². The number of likely N-dealkylation sites (tertiary alicyclic amines) is 1. The summed E-state index contributed by atoms with van der Waals surface area (Å²) in [4.78, 5) is 14.4. The Balaban J connectivity index is 1.49. The number of amides is 1. The first-order valence-electron chi connectivity index (χ1n) is 8.16. The topological polar surface area (TPSA) is 44.4 Å². The molecule has 2 aliphatic heterocycles. The minimum Gasteiger partial charge on any atom is -0.341 e. The first kappa shape index (κ1) is 15.4. The number of benzene rings is 1. The first-order valence-corrected chi connectivity index (χ1v) is 8.16. The second-order valence-electron chi connectivity index (χ2n) is 6.58. The van der Waals surface area contributed by atoms with Crippen LogP contribution in [-0.4, -0.2) is 36.0 Å². The lowest BCUT2D eigenvalue weighted by Gasteiger charge is -2.33. The van der Waals surface area contributed by atoms with Gasteiger partial charge in [0.1, 0.15) is 11.9 Å². The lowest BCUT2D eigenvalue weighted by atomic mass is 9.90. The van der Waals surface area contributed by atoms with Gasteiger partial charge in [-0.2, -0.15) is 0 Å². The third-order valence-electron chi connectivity index (χ3n) is 4.73. The molecule has 1 aromatic rings. The van der Waals surface area contributed by atoms with E-state index in [2.05, 4.69) is 17.8 Å². The third kappa shape index (κ3) is 3.65. The zero-order valence-corrected chi connectivity index (χ0v) is 13.0. The Morgan fingerprint density at radius 1 is 1.32 bits per heavy atom. The van der Waals surface area contributed by atoms with E-state index in [1.54, 1.807) is 12.1 Å². The van der Waals surface area contributed by atoms with E-state index in [0.29, 0.717) is 12.0 Å². The summed E-state index contributed by atoms with van der Waals surface area (Å²) in [6, 6.07) is 7.11. The number of hydrazine groups is 1. The maximum atomic E-state index is 13.2. The molecular formula is C17H24FN3O. The molecular weight excluding hydrogens is 281 g/mol. The SMILES string of the molecule is CC1CC(C(=O)N2CCC(Cc3cccc(F)c3)CC2)NN1. The van der Waals surface area contributed by atoms with Crippen LogP contribution in [-0.2, 0) is 11.2 Å². The van der Waals surface area contributed by atoms with Crippen LogP contribution in [0.1, 0.15) is 31.7 Å². The van der Waals surface area contributed by atoms with E-state index in [-0.39, 0.29) is 17.8 Å². The van der Waals surface area contributed by atoms with Gasteiger partial charge in [-0.3, -0.25) is 10.2 Å². The Hall–Kier alpha value is -1.46. The molecule has 2 atom stereocenters. The fourth-order valence-corrected chi connectivity index (χ4v) is 3.45. The van der Waals surface area contributed by atoms with Gasteiger partial charge in [0.2, 0.25) is 5.91 Å². The summed E-state index contributed by atoms with van der Waals surface area (Å²) >= 11 is 0. The van der Waals surface area contributed by atoms with E-state index in [1.807, 2.05) is 11.0 Å². The summed E-state index contributed by atoms with van der Waals surface area (Å²) in [5, 5.41) is 0. The van der Waals surface area contributed by atoms with Crippen molar-refractivity contribution in [3.63, 3.8) is 0 Å². The van der Waals surface area contributed by atoms with Gasteiger partial charge in [-0.05, 0) is 56.2 Å². The van der Waals surface area contributed by atoms with E-state index in [0.717, 1.165) is 44.3 Å². The number of carbonyl (C=O) groups is 1. The molecule has 2 N–H and O–H groups in total. The van der Waals surface area contributed by atoms with Crippen molar-refractivity contribution in [2.75, 3.05) is 13.1 Å². The Morgan fingerprint density at radius 2 is 2.09 bits per heavy atom. The van der Waals surface area contributed by atoms with Crippen molar-refractivity contribution in [3.8, 4) is 0 Å². The Labute approximate surface area is 131 Å². The minimum atomic E-state index is -0.168. The molecule has 0 radical (unpaired) electrons. The van der Waals surface area contributed by atoms with Gasteiger partial charge in [0, 0.05) is 19.1 Å². The molecule has 2 aliphatic rings. The van der Waals surface area contributed by atoms with Crippen molar-refractivity contribution >= 4 is 5.91 Å². The monoisotopic (exact) mass is 305 g/mol. The molecule has 0 spiro atoms. The highest BCUT2D eigenvalue weighted by Gasteiger charge is 2.32. The maximum absolute atomic E-state index is 13.2. The molecule has 1 aromatic carbocycles. The quantitative estimate of drug-likeness (QED) is 0.896. The van der Waals surface area contributed by atoms with Crippen molar-refractivity contribution in [2.24, 2.45) is 5.92 Å². The van der Waals surface area contributed by atoms with Gasteiger partial charge in [-0.15, -0.1) is 0 Å². The third-order valence-corrected chi connectivity index (χ3v) is 4.73. The molecule has 3 rings (SSSR count). The minimum absolute atomic E-state index is 0.0882. The summed E-state index contributed by atoms with van der Waals surface area (Å²) in [5.41, 5.74) is 7.24. The Morgan fingerprint density at radius 3 is 2.73 bits per heavy atom. The molecule has 0 bridgehead atoms. The first-order chi connectivity index (χ1) is 10.6. The number of rotatable bonds is 3. The zero-order chi connectivity index (χ0) is 15.5. The highest BCUT2D eigenvalue weighted by molar-refractivity contribution is 5.82. The number of halogens is 1. The average molecular weight is 305 g/mol. The molecule has 22 heavy (non-hydrogen) atoms. The van der Waals surface area contributed by atoms with Gasteiger partial charge >= 0.3 is 0 Å². The van der Waals surface area contributed by atoms with E-state index in [4.69, 9.17) is 0 Å². The molecule has 2 unspecified atom stereocenters. The van der Waals surface area contributed by atoms with Crippen LogP contribution in [0.5, 0.6) is 0 Å². The second kappa shape index (κ2) is 6.75. The van der Waals surface area contributed by atoms with Gasteiger partial charge in [0.25, 0.3) is 0 Å². The van der Waals surface area contributed by atoms with E-state index < -0.39 is 0 Å². The number of piperidine rings is 1. The van der Waals surface area contributed by atoms with Crippen LogP contribution in [0.3, 0.4) is 0 Å². The van der Waals surface area contributed by atoms with Gasteiger partial charge in [-0.25, -0.2) is 9.82 Å². The lowest BCUT2D eigenvalue weighted by Crippen LogP contribution is -2.48. The molecule has 0 aromatic heterocycles. The molecule has 4 nitrogen and oxygen atoms in total. The maximum Gasteiger partial charge on any atom is 0.241 e. The number of carbonyl (C=O) groups excluding carboxylic acids is 1. The number of hydrogen-bond donors (Lipinski definition) is 2. The Kier molecular flexibility index (Phi) is 4.74. The number of nitrogens with zero attached hydrogens (tertiary/aromatic N) is 1. The molecule has 2 saturated heterocycles. The van der Waals surface area contributed by atoms with Crippen LogP contribution in [0.2, 0.25) is 0 Å². The predicted octanol–water partition coefficient (Wildman–Crippen LogP) is 1.86. The average Bonchev–Trinajstić information content (AvgIpc) is 2.94. The molecule has 1 amide bonds. The Bertz CT molecular complexity index is 528. The van der Waals surface area contributed by atoms with Crippen molar-refractivity contribution in [2.45, 2.75) is 44.7 Å². The van der Waals surface area contributed by atoms with Crippen LogP contribution in [0.25, 0.3) is 0 Å². The predicted molar refractivity (Wildman–Crippen MR) is 83.5 cm³/mol. The zero-order valence-electron chi connectivity index (χ0n) is 13.0. The van der Waals surface area contributed by atoms with Crippen LogP contribution >= 0.6 is 0 Å². The van der Waals surface area contributed by atoms with Gasteiger partial charge in [0.15, 0.2) is 0 Å². The van der Waals surface area contributed by atoms with Gasteiger partial charge < -0.3 is 4.90 Å². The summed E-state index contributed by atoms with van der Waals surface area (Å²) in [5.74, 6) is 0.583. The molecule has 2 heterocycles.